The average Bonchev–Trinajstić information content (AvgIpc) is 2.60. The number of fused-ring (bicyclic) bond motifs is 1. The zero-order valence-electron chi connectivity index (χ0n) is 13.5. The number of rotatable bonds is 5. The minimum absolute atomic E-state index is 0.167. The fourth-order valence-electron chi connectivity index (χ4n) is 2.63. The first-order chi connectivity index (χ1) is 12.1. The summed E-state index contributed by atoms with van der Waals surface area (Å²) in [5.74, 6) is -1.08. The van der Waals surface area contributed by atoms with Gasteiger partial charge in [0.05, 0.1) is 13.0 Å². The van der Waals surface area contributed by atoms with Crippen LogP contribution in [0.15, 0.2) is 66.7 Å². The second kappa shape index (κ2) is 7.57. The van der Waals surface area contributed by atoms with E-state index in [1.54, 1.807) is 6.07 Å². The van der Waals surface area contributed by atoms with E-state index < -0.39 is 11.7 Å². The summed E-state index contributed by atoms with van der Waals surface area (Å²) in [7, 11) is 0. The summed E-state index contributed by atoms with van der Waals surface area (Å²) in [4.78, 5) is 24.0. The Morgan fingerprint density at radius 3 is 2.48 bits per heavy atom. The molecule has 0 radical (unpaired) electrons. The van der Waals surface area contributed by atoms with Crippen molar-refractivity contribution in [2.45, 2.75) is 6.42 Å². The van der Waals surface area contributed by atoms with E-state index in [2.05, 4.69) is 10.6 Å². The maximum atomic E-state index is 13.1. The Morgan fingerprint density at radius 2 is 1.64 bits per heavy atom. The predicted octanol–water partition coefficient (Wildman–Crippen LogP) is 3.28. The molecule has 4 nitrogen and oxygen atoms in total. The highest BCUT2D eigenvalue weighted by atomic mass is 19.1. The van der Waals surface area contributed by atoms with Crippen LogP contribution in [0.25, 0.3) is 10.8 Å². The third kappa shape index (κ3) is 4.41. The van der Waals surface area contributed by atoms with Crippen LogP contribution in [0.3, 0.4) is 0 Å². The summed E-state index contributed by atoms with van der Waals surface area (Å²) in [5, 5.41) is 7.21. The molecule has 0 saturated heterocycles. The molecule has 2 N–H and O–H groups in total. The molecule has 0 aliphatic rings. The number of carbonyl (C=O) groups is 2. The van der Waals surface area contributed by atoms with Gasteiger partial charge >= 0.3 is 0 Å². The molecule has 0 aliphatic carbocycles. The third-order valence-corrected chi connectivity index (χ3v) is 3.79. The zero-order valence-corrected chi connectivity index (χ0v) is 13.5. The molecule has 0 atom stereocenters. The lowest BCUT2D eigenvalue weighted by Crippen LogP contribution is -2.33. The molecule has 0 spiro atoms. The highest BCUT2D eigenvalue weighted by molar-refractivity contribution is 5.95. The Hall–Kier alpha value is -3.21. The maximum Gasteiger partial charge on any atom is 0.243 e. The van der Waals surface area contributed by atoms with Gasteiger partial charge in [0.15, 0.2) is 0 Å². The molecule has 0 unspecified atom stereocenters. The summed E-state index contributed by atoms with van der Waals surface area (Å²) in [5.41, 5.74) is 1.26. The van der Waals surface area contributed by atoms with Crippen LogP contribution >= 0.6 is 0 Å². The van der Waals surface area contributed by atoms with Gasteiger partial charge in [0.25, 0.3) is 0 Å². The number of hydrogen-bond acceptors (Lipinski definition) is 2. The van der Waals surface area contributed by atoms with Gasteiger partial charge in [0.2, 0.25) is 11.8 Å². The highest BCUT2D eigenvalue weighted by Gasteiger charge is 2.09. The van der Waals surface area contributed by atoms with Gasteiger partial charge in [0.1, 0.15) is 5.82 Å². The largest absolute Gasteiger partial charge is 0.347 e. The summed E-state index contributed by atoms with van der Waals surface area (Å²) < 4.78 is 13.1. The van der Waals surface area contributed by atoms with Crippen LogP contribution in [0.5, 0.6) is 0 Å². The maximum absolute atomic E-state index is 13.1. The van der Waals surface area contributed by atoms with Crippen molar-refractivity contribution in [3.05, 3.63) is 78.1 Å². The summed E-state index contributed by atoms with van der Waals surface area (Å²) in [6.45, 7) is -0.167. The smallest absolute Gasteiger partial charge is 0.243 e. The van der Waals surface area contributed by atoms with Crippen LogP contribution in [0.4, 0.5) is 10.1 Å². The Kier molecular flexibility index (Phi) is 5.04. The molecule has 25 heavy (non-hydrogen) atoms. The molecular formula is C20H17FN2O2. The molecule has 5 heteroatoms. The molecule has 3 rings (SSSR count). The molecule has 0 fully saturated rings. The quantitative estimate of drug-likeness (QED) is 0.751. The molecule has 0 saturated carbocycles. The van der Waals surface area contributed by atoms with Gasteiger partial charge in [-0.15, -0.1) is 0 Å². The standard InChI is InChI=1S/C20H17FN2O2/c21-16-8-4-9-17(12-16)23-20(25)13-22-19(24)11-15-7-3-6-14-5-1-2-10-18(14)15/h1-10,12H,11,13H2,(H,22,24)(H,23,25). The van der Waals surface area contributed by atoms with Gasteiger partial charge in [0, 0.05) is 5.69 Å². The van der Waals surface area contributed by atoms with E-state index in [9.17, 15) is 14.0 Å². The van der Waals surface area contributed by atoms with Crippen LogP contribution < -0.4 is 10.6 Å². The second-order valence-corrected chi connectivity index (χ2v) is 5.65. The van der Waals surface area contributed by atoms with E-state index >= 15 is 0 Å². The SMILES string of the molecule is O=C(Cc1cccc2ccccc12)NCC(=O)Nc1cccc(F)c1. The van der Waals surface area contributed by atoms with Crippen molar-refractivity contribution >= 4 is 28.3 Å². The number of amides is 2. The monoisotopic (exact) mass is 336 g/mol. The van der Waals surface area contributed by atoms with Gasteiger partial charge in [-0.05, 0) is 34.5 Å². The minimum Gasteiger partial charge on any atom is -0.347 e. The zero-order chi connectivity index (χ0) is 17.6. The Morgan fingerprint density at radius 1 is 0.880 bits per heavy atom. The normalized spacial score (nSPS) is 10.4. The van der Waals surface area contributed by atoms with E-state index in [1.807, 2.05) is 42.5 Å². The summed E-state index contributed by atoms with van der Waals surface area (Å²) in [6, 6.07) is 19.2. The van der Waals surface area contributed by atoms with Crippen molar-refractivity contribution in [3.8, 4) is 0 Å². The number of benzene rings is 3. The van der Waals surface area contributed by atoms with Crippen molar-refractivity contribution in [1.82, 2.24) is 5.32 Å². The molecule has 0 bridgehead atoms. The number of hydrogen-bond donors (Lipinski definition) is 2. The van der Waals surface area contributed by atoms with Crippen LogP contribution in [-0.2, 0) is 16.0 Å². The fraction of sp³-hybridized carbons (Fsp3) is 0.100. The number of halogens is 1. The van der Waals surface area contributed by atoms with Gasteiger partial charge < -0.3 is 10.6 Å². The molecule has 2 amide bonds. The Labute approximate surface area is 144 Å². The fourth-order valence-corrected chi connectivity index (χ4v) is 2.63. The lowest BCUT2D eigenvalue weighted by Gasteiger charge is -2.09. The first kappa shape index (κ1) is 16.6. The van der Waals surface area contributed by atoms with Gasteiger partial charge in [-0.2, -0.15) is 0 Å². The average molecular weight is 336 g/mol. The Bertz CT molecular complexity index is 919. The molecule has 126 valence electrons. The molecule has 3 aromatic carbocycles. The van der Waals surface area contributed by atoms with Crippen molar-refractivity contribution in [1.29, 1.82) is 0 Å². The van der Waals surface area contributed by atoms with Gasteiger partial charge in [-0.1, -0.05) is 48.5 Å². The molecule has 0 heterocycles. The highest BCUT2D eigenvalue weighted by Crippen LogP contribution is 2.18. The van der Waals surface area contributed by atoms with Crippen LogP contribution in [-0.4, -0.2) is 18.4 Å². The van der Waals surface area contributed by atoms with Gasteiger partial charge in [-0.25, -0.2) is 4.39 Å². The number of nitrogens with one attached hydrogen (secondary N) is 2. The Balaban J connectivity index is 1.56. The van der Waals surface area contributed by atoms with E-state index in [0.29, 0.717) is 5.69 Å². The van der Waals surface area contributed by atoms with Crippen LogP contribution in [0, 0.1) is 5.82 Å². The first-order valence-corrected chi connectivity index (χ1v) is 7.90. The lowest BCUT2D eigenvalue weighted by atomic mass is 10.0. The van der Waals surface area contributed by atoms with E-state index in [-0.39, 0.29) is 18.9 Å². The van der Waals surface area contributed by atoms with E-state index in [4.69, 9.17) is 0 Å². The van der Waals surface area contributed by atoms with E-state index in [1.165, 1.54) is 18.2 Å². The van der Waals surface area contributed by atoms with Crippen molar-refractivity contribution in [3.63, 3.8) is 0 Å². The molecular weight excluding hydrogens is 319 g/mol. The molecule has 3 aromatic rings. The minimum atomic E-state index is -0.433. The van der Waals surface area contributed by atoms with Crippen molar-refractivity contribution in [2.24, 2.45) is 0 Å². The topological polar surface area (TPSA) is 58.2 Å². The molecule has 0 aliphatic heterocycles. The van der Waals surface area contributed by atoms with Crippen LogP contribution in [0.2, 0.25) is 0 Å². The van der Waals surface area contributed by atoms with Crippen molar-refractivity contribution < 1.29 is 14.0 Å². The summed E-state index contributed by atoms with van der Waals surface area (Å²) >= 11 is 0. The molecule has 0 aromatic heterocycles. The van der Waals surface area contributed by atoms with Crippen molar-refractivity contribution in [2.75, 3.05) is 11.9 Å². The summed E-state index contributed by atoms with van der Waals surface area (Å²) in [6.07, 6.45) is 0.189. The van der Waals surface area contributed by atoms with Crippen LogP contribution in [0.1, 0.15) is 5.56 Å². The third-order valence-electron chi connectivity index (χ3n) is 3.79. The first-order valence-electron chi connectivity index (χ1n) is 7.90. The predicted molar refractivity (Wildman–Crippen MR) is 95.7 cm³/mol. The second-order valence-electron chi connectivity index (χ2n) is 5.65. The van der Waals surface area contributed by atoms with E-state index in [0.717, 1.165) is 16.3 Å². The number of anilines is 1. The lowest BCUT2D eigenvalue weighted by molar-refractivity contribution is -0.123. The number of carbonyl (C=O) groups excluding carboxylic acids is 2. The van der Waals surface area contributed by atoms with Gasteiger partial charge in [-0.3, -0.25) is 9.59 Å².